The molecule has 0 bridgehead atoms. The molecule has 1 atom stereocenters. The van der Waals surface area contributed by atoms with Gasteiger partial charge in [-0.3, -0.25) is 0 Å². The van der Waals surface area contributed by atoms with Gasteiger partial charge < -0.3 is 9.73 Å². The number of nitrogens with zero attached hydrogens (tertiary/aromatic N) is 2. The van der Waals surface area contributed by atoms with Gasteiger partial charge in [0, 0.05) is 5.75 Å². The standard InChI is InChI=1S/C14H17N3OS/c1-10-5-2-3-6-11(10)9-19-14-17-16-13(18-14)12-7-4-8-15-12/h2-3,5-6,12,15H,4,7-9H2,1H3/t12-/m1/s1. The van der Waals surface area contributed by atoms with Crippen molar-refractivity contribution in [2.45, 2.75) is 36.8 Å². The van der Waals surface area contributed by atoms with E-state index in [1.54, 1.807) is 11.8 Å². The Morgan fingerprint density at radius 1 is 1.37 bits per heavy atom. The first-order chi connectivity index (χ1) is 9.33. The highest BCUT2D eigenvalue weighted by atomic mass is 32.2. The van der Waals surface area contributed by atoms with Crippen LogP contribution in [0.5, 0.6) is 0 Å². The van der Waals surface area contributed by atoms with Gasteiger partial charge >= 0.3 is 0 Å². The Kier molecular flexibility index (Phi) is 3.84. The molecule has 1 aliphatic heterocycles. The molecule has 2 aromatic rings. The SMILES string of the molecule is Cc1ccccc1CSc1nnc([C@H]2CCCN2)o1. The summed E-state index contributed by atoms with van der Waals surface area (Å²) in [7, 11) is 0. The van der Waals surface area contributed by atoms with Crippen LogP contribution in [0.3, 0.4) is 0 Å². The summed E-state index contributed by atoms with van der Waals surface area (Å²) in [5.74, 6) is 1.59. The number of thioether (sulfide) groups is 1. The molecule has 0 unspecified atom stereocenters. The Morgan fingerprint density at radius 2 is 2.26 bits per heavy atom. The monoisotopic (exact) mass is 275 g/mol. The van der Waals surface area contributed by atoms with Crippen molar-refractivity contribution in [2.75, 3.05) is 6.54 Å². The molecule has 5 heteroatoms. The predicted molar refractivity (Wildman–Crippen MR) is 75.0 cm³/mol. The van der Waals surface area contributed by atoms with Crippen LogP contribution in [0.2, 0.25) is 0 Å². The quantitative estimate of drug-likeness (QED) is 0.869. The third-order valence-corrected chi connectivity index (χ3v) is 4.26. The second-order valence-corrected chi connectivity index (χ2v) is 5.70. The molecule has 1 N–H and O–H groups in total. The normalized spacial score (nSPS) is 18.9. The molecule has 100 valence electrons. The van der Waals surface area contributed by atoms with Crippen LogP contribution in [0.1, 0.15) is 35.9 Å². The van der Waals surface area contributed by atoms with E-state index >= 15 is 0 Å². The molecule has 1 aromatic carbocycles. The van der Waals surface area contributed by atoms with Gasteiger partial charge in [0.2, 0.25) is 5.89 Å². The van der Waals surface area contributed by atoms with E-state index in [9.17, 15) is 0 Å². The minimum atomic E-state index is 0.250. The Hall–Kier alpha value is -1.33. The molecule has 3 rings (SSSR count). The van der Waals surface area contributed by atoms with Crippen LogP contribution in [0.4, 0.5) is 0 Å². The highest BCUT2D eigenvalue weighted by Gasteiger charge is 2.22. The van der Waals surface area contributed by atoms with Gasteiger partial charge in [-0.05, 0) is 37.4 Å². The lowest BCUT2D eigenvalue weighted by atomic mass is 10.1. The summed E-state index contributed by atoms with van der Waals surface area (Å²) in [6, 6.07) is 8.63. The maximum absolute atomic E-state index is 5.71. The van der Waals surface area contributed by atoms with Crippen LogP contribution in [0.25, 0.3) is 0 Å². The van der Waals surface area contributed by atoms with Gasteiger partial charge in [0.05, 0.1) is 6.04 Å². The molecule has 0 aliphatic carbocycles. The van der Waals surface area contributed by atoms with E-state index in [1.807, 2.05) is 0 Å². The third kappa shape index (κ3) is 2.98. The summed E-state index contributed by atoms with van der Waals surface area (Å²) in [6.45, 7) is 3.16. The first-order valence-electron chi connectivity index (χ1n) is 6.57. The van der Waals surface area contributed by atoms with Crippen molar-refractivity contribution in [3.05, 3.63) is 41.3 Å². The lowest BCUT2D eigenvalue weighted by molar-refractivity contribution is 0.374. The summed E-state index contributed by atoms with van der Waals surface area (Å²) >= 11 is 1.60. The van der Waals surface area contributed by atoms with E-state index in [1.165, 1.54) is 17.5 Å². The molecule has 0 saturated carbocycles. The second kappa shape index (κ2) is 5.75. The fourth-order valence-corrected chi connectivity index (χ4v) is 3.07. The Bertz CT molecular complexity index is 549. The Labute approximate surface area is 117 Å². The summed E-state index contributed by atoms with van der Waals surface area (Å²) in [5, 5.41) is 12.3. The fraction of sp³-hybridized carbons (Fsp3) is 0.429. The number of benzene rings is 1. The van der Waals surface area contributed by atoms with Crippen LogP contribution in [-0.4, -0.2) is 16.7 Å². The van der Waals surface area contributed by atoms with Gasteiger partial charge in [0.15, 0.2) is 0 Å². The molecule has 19 heavy (non-hydrogen) atoms. The maximum Gasteiger partial charge on any atom is 0.276 e. The van der Waals surface area contributed by atoms with Gasteiger partial charge in [0.1, 0.15) is 0 Å². The Morgan fingerprint density at radius 3 is 3.05 bits per heavy atom. The minimum Gasteiger partial charge on any atom is -0.414 e. The molecule has 0 amide bonds. The maximum atomic E-state index is 5.71. The smallest absolute Gasteiger partial charge is 0.276 e. The van der Waals surface area contributed by atoms with Crippen molar-refractivity contribution in [2.24, 2.45) is 0 Å². The van der Waals surface area contributed by atoms with E-state index < -0.39 is 0 Å². The molecule has 0 spiro atoms. The number of rotatable bonds is 4. The molecule has 1 fully saturated rings. The van der Waals surface area contributed by atoms with E-state index in [4.69, 9.17) is 4.42 Å². The zero-order chi connectivity index (χ0) is 13.1. The predicted octanol–water partition coefficient (Wildman–Crippen LogP) is 3.09. The number of aryl methyl sites for hydroxylation is 1. The van der Waals surface area contributed by atoms with Crippen molar-refractivity contribution < 1.29 is 4.42 Å². The van der Waals surface area contributed by atoms with Crippen LogP contribution in [-0.2, 0) is 5.75 Å². The molecule has 1 aromatic heterocycles. The van der Waals surface area contributed by atoms with Crippen molar-refractivity contribution in [1.29, 1.82) is 0 Å². The lowest BCUT2D eigenvalue weighted by Crippen LogP contribution is -2.12. The van der Waals surface area contributed by atoms with E-state index in [0.717, 1.165) is 24.6 Å². The molecule has 2 heterocycles. The van der Waals surface area contributed by atoms with Crippen molar-refractivity contribution in [1.82, 2.24) is 15.5 Å². The highest BCUT2D eigenvalue weighted by molar-refractivity contribution is 7.98. The third-order valence-electron chi connectivity index (χ3n) is 3.39. The zero-order valence-corrected chi connectivity index (χ0v) is 11.7. The van der Waals surface area contributed by atoms with Crippen LogP contribution >= 0.6 is 11.8 Å². The van der Waals surface area contributed by atoms with Gasteiger partial charge in [0.25, 0.3) is 5.22 Å². The molecule has 0 radical (unpaired) electrons. The minimum absolute atomic E-state index is 0.250. The number of aromatic nitrogens is 2. The molecular weight excluding hydrogens is 258 g/mol. The first-order valence-corrected chi connectivity index (χ1v) is 7.55. The van der Waals surface area contributed by atoms with Crippen LogP contribution in [0, 0.1) is 6.92 Å². The summed E-state index contributed by atoms with van der Waals surface area (Å²) in [5.41, 5.74) is 2.61. The largest absolute Gasteiger partial charge is 0.414 e. The molecule has 4 nitrogen and oxygen atoms in total. The van der Waals surface area contributed by atoms with Crippen molar-refractivity contribution in [3.8, 4) is 0 Å². The van der Waals surface area contributed by atoms with Crippen LogP contribution in [0.15, 0.2) is 33.9 Å². The summed E-state index contributed by atoms with van der Waals surface area (Å²) < 4.78 is 5.71. The lowest BCUT2D eigenvalue weighted by Gasteiger charge is -2.03. The Balaban J connectivity index is 1.63. The molecule has 1 aliphatic rings. The van der Waals surface area contributed by atoms with Crippen LogP contribution < -0.4 is 5.32 Å². The van der Waals surface area contributed by atoms with Gasteiger partial charge in [-0.25, -0.2) is 0 Å². The average Bonchev–Trinajstić information content (AvgIpc) is 3.09. The van der Waals surface area contributed by atoms with Crippen molar-refractivity contribution >= 4 is 11.8 Å². The number of hydrogen-bond acceptors (Lipinski definition) is 5. The number of hydrogen-bond donors (Lipinski definition) is 1. The van der Waals surface area contributed by atoms with Crippen molar-refractivity contribution in [3.63, 3.8) is 0 Å². The van der Waals surface area contributed by atoms with E-state index in [-0.39, 0.29) is 6.04 Å². The molecule has 1 saturated heterocycles. The summed E-state index contributed by atoms with van der Waals surface area (Å²) in [4.78, 5) is 0. The second-order valence-electron chi connectivity index (χ2n) is 4.77. The van der Waals surface area contributed by atoms with E-state index in [0.29, 0.717) is 5.22 Å². The summed E-state index contributed by atoms with van der Waals surface area (Å²) in [6.07, 6.45) is 2.27. The topological polar surface area (TPSA) is 51.0 Å². The van der Waals surface area contributed by atoms with Gasteiger partial charge in [-0.15, -0.1) is 10.2 Å². The van der Waals surface area contributed by atoms with Gasteiger partial charge in [-0.2, -0.15) is 0 Å². The molecular formula is C14H17N3OS. The van der Waals surface area contributed by atoms with Gasteiger partial charge in [-0.1, -0.05) is 36.0 Å². The fourth-order valence-electron chi connectivity index (χ4n) is 2.23. The average molecular weight is 275 g/mol. The number of nitrogens with one attached hydrogen (secondary N) is 1. The highest BCUT2D eigenvalue weighted by Crippen LogP contribution is 2.27. The zero-order valence-electron chi connectivity index (χ0n) is 10.9. The first kappa shape index (κ1) is 12.7. The van der Waals surface area contributed by atoms with E-state index in [2.05, 4.69) is 46.7 Å².